The molecule has 2 heterocycles. The number of nitrogens with zero attached hydrogens (tertiary/aromatic N) is 3. The van der Waals surface area contributed by atoms with Crippen molar-refractivity contribution in [2.24, 2.45) is 0 Å². The maximum atomic E-state index is 11.9. The maximum absolute atomic E-state index is 11.9. The second-order valence-electron chi connectivity index (χ2n) is 4.88. The lowest BCUT2D eigenvalue weighted by Crippen LogP contribution is -1.99. The van der Waals surface area contributed by atoms with Gasteiger partial charge in [-0.25, -0.2) is 4.98 Å². The summed E-state index contributed by atoms with van der Waals surface area (Å²) in [6, 6.07) is 8.15. The van der Waals surface area contributed by atoms with Crippen molar-refractivity contribution in [3.05, 3.63) is 35.7 Å². The Morgan fingerprint density at radius 2 is 1.95 bits per heavy atom. The maximum Gasteiger partial charge on any atom is 0.215 e. The Morgan fingerprint density at radius 1 is 1.26 bits per heavy atom. The number of aromatic nitrogens is 3. The molecule has 4 heteroatoms. The van der Waals surface area contributed by atoms with Gasteiger partial charge in [-0.2, -0.15) is 0 Å². The van der Waals surface area contributed by atoms with Crippen molar-refractivity contribution in [1.29, 1.82) is 0 Å². The standard InChI is InChI=1S/C15H17N3O/c1-4-9-17-12-7-5-6-8-13(12)18-14(11(3)19)10(2)16-15(17)18/h5-8H,4,9H2,1-3H3. The van der Waals surface area contributed by atoms with Crippen LogP contribution < -0.4 is 0 Å². The third-order valence-corrected chi connectivity index (χ3v) is 3.47. The highest BCUT2D eigenvalue weighted by Crippen LogP contribution is 2.24. The number of carbonyl (C=O) groups excluding carboxylic acids is 1. The van der Waals surface area contributed by atoms with Crippen LogP contribution in [-0.2, 0) is 6.54 Å². The molecule has 0 fully saturated rings. The lowest BCUT2D eigenvalue weighted by Gasteiger charge is -2.01. The van der Waals surface area contributed by atoms with Gasteiger partial charge in [-0.1, -0.05) is 19.1 Å². The molecule has 0 N–H and O–H groups in total. The average Bonchev–Trinajstić information content (AvgIpc) is 2.85. The molecule has 0 aliphatic rings. The summed E-state index contributed by atoms with van der Waals surface area (Å²) in [7, 11) is 0. The molecule has 2 aromatic heterocycles. The second-order valence-corrected chi connectivity index (χ2v) is 4.88. The summed E-state index contributed by atoms with van der Waals surface area (Å²) in [5, 5.41) is 0. The van der Waals surface area contributed by atoms with Gasteiger partial charge < -0.3 is 4.57 Å². The molecular formula is C15H17N3O. The van der Waals surface area contributed by atoms with Crippen LogP contribution in [-0.4, -0.2) is 19.7 Å². The van der Waals surface area contributed by atoms with Crippen LogP contribution in [0, 0.1) is 6.92 Å². The zero-order chi connectivity index (χ0) is 13.6. The predicted octanol–water partition coefficient (Wildman–Crippen LogP) is 3.21. The Hall–Kier alpha value is -2.10. The summed E-state index contributed by atoms with van der Waals surface area (Å²) in [6.45, 7) is 6.55. The summed E-state index contributed by atoms with van der Waals surface area (Å²) in [6.07, 6.45) is 1.04. The van der Waals surface area contributed by atoms with Crippen molar-refractivity contribution >= 4 is 22.6 Å². The highest BCUT2D eigenvalue weighted by molar-refractivity contribution is 5.97. The average molecular weight is 255 g/mol. The normalized spacial score (nSPS) is 11.5. The molecular weight excluding hydrogens is 238 g/mol. The summed E-state index contributed by atoms with van der Waals surface area (Å²) >= 11 is 0. The highest BCUT2D eigenvalue weighted by atomic mass is 16.1. The van der Waals surface area contributed by atoms with E-state index in [9.17, 15) is 4.79 Å². The van der Waals surface area contributed by atoms with Crippen molar-refractivity contribution in [2.45, 2.75) is 33.7 Å². The van der Waals surface area contributed by atoms with Crippen LogP contribution in [0.15, 0.2) is 24.3 Å². The molecule has 0 aliphatic heterocycles. The molecule has 0 aliphatic carbocycles. The van der Waals surface area contributed by atoms with E-state index in [-0.39, 0.29) is 5.78 Å². The van der Waals surface area contributed by atoms with E-state index in [4.69, 9.17) is 0 Å². The van der Waals surface area contributed by atoms with Crippen molar-refractivity contribution in [2.75, 3.05) is 0 Å². The SMILES string of the molecule is CCCn1c2ccccc2n2c(C(C)=O)c(C)nc12. The number of fused-ring (bicyclic) bond motifs is 3. The highest BCUT2D eigenvalue weighted by Gasteiger charge is 2.19. The van der Waals surface area contributed by atoms with Gasteiger partial charge in [0.05, 0.1) is 16.7 Å². The Balaban J connectivity index is 2.51. The first-order valence-corrected chi connectivity index (χ1v) is 6.62. The van der Waals surface area contributed by atoms with Crippen LogP contribution >= 0.6 is 0 Å². The van der Waals surface area contributed by atoms with E-state index in [1.807, 2.05) is 29.5 Å². The van der Waals surface area contributed by atoms with E-state index >= 15 is 0 Å². The van der Waals surface area contributed by atoms with Gasteiger partial charge in [0.25, 0.3) is 0 Å². The van der Waals surface area contributed by atoms with Crippen molar-refractivity contribution in [1.82, 2.24) is 14.0 Å². The molecule has 4 nitrogen and oxygen atoms in total. The first-order chi connectivity index (χ1) is 9.15. The minimum Gasteiger partial charge on any atom is -0.310 e. The number of imidazole rings is 2. The van der Waals surface area contributed by atoms with Crippen LogP contribution in [0.5, 0.6) is 0 Å². The van der Waals surface area contributed by atoms with E-state index in [1.54, 1.807) is 6.92 Å². The Bertz CT molecular complexity index is 779. The van der Waals surface area contributed by atoms with E-state index in [0.29, 0.717) is 5.69 Å². The Kier molecular flexibility index (Phi) is 2.66. The minimum atomic E-state index is 0.0596. The third-order valence-electron chi connectivity index (χ3n) is 3.47. The van der Waals surface area contributed by atoms with Gasteiger partial charge in [-0.15, -0.1) is 0 Å². The van der Waals surface area contributed by atoms with Crippen molar-refractivity contribution in [3.63, 3.8) is 0 Å². The molecule has 0 amide bonds. The molecule has 1 aromatic carbocycles. The Morgan fingerprint density at radius 3 is 2.58 bits per heavy atom. The third kappa shape index (κ3) is 1.59. The molecule has 0 bridgehead atoms. The predicted molar refractivity (Wildman–Crippen MR) is 75.7 cm³/mol. The number of hydrogen-bond donors (Lipinski definition) is 0. The zero-order valence-corrected chi connectivity index (χ0v) is 11.5. The summed E-state index contributed by atoms with van der Waals surface area (Å²) in [4.78, 5) is 16.5. The lowest BCUT2D eigenvalue weighted by molar-refractivity contribution is 0.101. The largest absolute Gasteiger partial charge is 0.310 e. The fourth-order valence-corrected chi connectivity index (χ4v) is 2.77. The first kappa shape index (κ1) is 12.0. The number of benzene rings is 1. The summed E-state index contributed by atoms with van der Waals surface area (Å²) < 4.78 is 4.18. The van der Waals surface area contributed by atoms with E-state index in [0.717, 1.165) is 35.5 Å². The lowest BCUT2D eigenvalue weighted by atomic mass is 10.2. The van der Waals surface area contributed by atoms with Gasteiger partial charge >= 0.3 is 0 Å². The van der Waals surface area contributed by atoms with Gasteiger partial charge in [0.2, 0.25) is 5.78 Å². The minimum absolute atomic E-state index is 0.0596. The number of Topliss-reactive ketones (excluding diaryl/α,β-unsaturated/α-hetero) is 1. The van der Waals surface area contributed by atoms with Crippen LogP contribution in [0.4, 0.5) is 0 Å². The Labute approximate surface area is 111 Å². The molecule has 19 heavy (non-hydrogen) atoms. The number of carbonyl (C=O) groups is 1. The molecule has 0 atom stereocenters. The van der Waals surface area contributed by atoms with Gasteiger partial charge in [0.15, 0.2) is 5.78 Å². The number of ketones is 1. The summed E-state index contributed by atoms with van der Waals surface area (Å²) in [5.74, 6) is 0.926. The first-order valence-electron chi connectivity index (χ1n) is 6.62. The second kappa shape index (κ2) is 4.23. The van der Waals surface area contributed by atoms with Crippen LogP contribution in [0.1, 0.15) is 36.5 Å². The molecule has 0 radical (unpaired) electrons. The number of hydrogen-bond acceptors (Lipinski definition) is 2. The van der Waals surface area contributed by atoms with Crippen LogP contribution in [0.2, 0.25) is 0 Å². The van der Waals surface area contributed by atoms with E-state index in [2.05, 4.69) is 22.5 Å². The monoisotopic (exact) mass is 255 g/mol. The zero-order valence-electron chi connectivity index (χ0n) is 11.5. The fraction of sp³-hybridized carbons (Fsp3) is 0.333. The van der Waals surface area contributed by atoms with Crippen molar-refractivity contribution < 1.29 is 4.79 Å². The van der Waals surface area contributed by atoms with Gasteiger partial charge in [-0.3, -0.25) is 9.20 Å². The quantitative estimate of drug-likeness (QED) is 0.674. The van der Waals surface area contributed by atoms with Crippen molar-refractivity contribution in [3.8, 4) is 0 Å². The smallest absolute Gasteiger partial charge is 0.215 e. The number of rotatable bonds is 3. The number of para-hydroxylation sites is 2. The molecule has 0 unspecified atom stereocenters. The molecule has 0 spiro atoms. The fourth-order valence-electron chi connectivity index (χ4n) is 2.77. The van der Waals surface area contributed by atoms with Crippen LogP contribution in [0.25, 0.3) is 16.8 Å². The molecule has 0 saturated carbocycles. The van der Waals surface area contributed by atoms with Gasteiger partial charge in [0, 0.05) is 13.5 Å². The van der Waals surface area contributed by atoms with Crippen LogP contribution in [0.3, 0.4) is 0 Å². The number of aryl methyl sites for hydroxylation is 2. The topological polar surface area (TPSA) is 39.3 Å². The molecule has 3 rings (SSSR count). The van der Waals surface area contributed by atoms with Gasteiger partial charge in [0.1, 0.15) is 5.69 Å². The van der Waals surface area contributed by atoms with E-state index < -0.39 is 0 Å². The summed E-state index contributed by atoms with van der Waals surface area (Å²) in [5.41, 5.74) is 3.69. The molecule has 98 valence electrons. The molecule has 3 aromatic rings. The molecule has 0 saturated heterocycles. The van der Waals surface area contributed by atoms with Gasteiger partial charge in [-0.05, 0) is 25.5 Å². The van der Waals surface area contributed by atoms with E-state index in [1.165, 1.54) is 0 Å².